The Morgan fingerprint density at radius 3 is 2.18 bits per heavy atom. The SMILES string of the molecule is COc1ccc(Nc2cncc(C(=O)Nc3ccc(OC(C)C)cc3)c2)cc1. The van der Waals surface area contributed by atoms with Crippen molar-refractivity contribution < 1.29 is 14.3 Å². The fourth-order valence-electron chi connectivity index (χ4n) is 2.57. The summed E-state index contributed by atoms with van der Waals surface area (Å²) < 4.78 is 10.8. The Morgan fingerprint density at radius 1 is 0.893 bits per heavy atom. The van der Waals surface area contributed by atoms with Crippen LogP contribution in [0.2, 0.25) is 0 Å². The van der Waals surface area contributed by atoms with E-state index in [0.717, 1.165) is 22.9 Å². The van der Waals surface area contributed by atoms with Gasteiger partial charge in [0.15, 0.2) is 0 Å². The van der Waals surface area contributed by atoms with Gasteiger partial charge in [-0.25, -0.2) is 0 Å². The van der Waals surface area contributed by atoms with Crippen LogP contribution >= 0.6 is 0 Å². The van der Waals surface area contributed by atoms with E-state index in [1.54, 1.807) is 19.4 Å². The molecule has 0 spiro atoms. The molecule has 0 saturated heterocycles. The normalized spacial score (nSPS) is 10.4. The molecule has 3 aromatic rings. The molecule has 0 unspecified atom stereocenters. The number of anilines is 3. The predicted octanol–water partition coefficient (Wildman–Crippen LogP) is 4.87. The van der Waals surface area contributed by atoms with Crippen LogP contribution in [-0.2, 0) is 0 Å². The standard InChI is InChI=1S/C22H23N3O3/c1-15(2)28-21-10-6-18(7-11-21)25-22(26)16-12-19(14-23-13-16)24-17-4-8-20(27-3)9-5-17/h4-15,24H,1-3H3,(H,25,26). The second kappa shape index (κ2) is 8.90. The summed E-state index contributed by atoms with van der Waals surface area (Å²) in [6.07, 6.45) is 3.30. The number of aromatic nitrogens is 1. The number of nitrogens with one attached hydrogen (secondary N) is 2. The van der Waals surface area contributed by atoms with Gasteiger partial charge in [-0.15, -0.1) is 0 Å². The number of hydrogen-bond donors (Lipinski definition) is 2. The van der Waals surface area contributed by atoms with E-state index in [1.807, 2.05) is 62.4 Å². The minimum absolute atomic E-state index is 0.104. The molecule has 0 aliphatic rings. The molecule has 0 aliphatic carbocycles. The molecular formula is C22H23N3O3. The molecule has 6 nitrogen and oxygen atoms in total. The monoisotopic (exact) mass is 377 g/mol. The molecule has 0 saturated carbocycles. The van der Waals surface area contributed by atoms with Crippen LogP contribution in [0.1, 0.15) is 24.2 Å². The average molecular weight is 377 g/mol. The summed E-state index contributed by atoms with van der Waals surface area (Å²) in [7, 11) is 1.62. The van der Waals surface area contributed by atoms with Crippen molar-refractivity contribution >= 4 is 23.0 Å². The van der Waals surface area contributed by atoms with Crippen molar-refractivity contribution in [3.63, 3.8) is 0 Å². The maximum atomic E-state index is 12.5. The van der Waals surface area contributed by atoms with Gasteiger partial charge in [0.2, 0.25) is 0 Å². The van der Waals surface area contributed by atoms with E-state index in [9.17, 15) is 4.79 Å². The van der Waals surface area contributed by atoms with E-state index in [0.29, 0.717) is 11.3 Å². The summed E-state index contributed by atoms with van der Waals surface area (Å²) in [6, 6.07) is 16.5. The van der Waals surface area contributed by atoms with E-state index in [2.05, 4.69) is 15.6 Å². The van der Waals surface area contributed by atoms with E-state index in [1.165, 1.54) is 6.20 Å². The molecule has 0 fully saturated rings. The van der Waals surface area contributed by atoms with E-state index in [4.69, 9.17) is 9.47 Å². The maximum absolute atomic E-state index is 12.5. The smallest absolute Gasteiger partial charge is 0.257 e. The second-order valence-corrected chi connectivity index (χ2v) is 6.46. The van der Waals surface area contributed by atoms with Gasteiger partial charge in [0.25, 0.3) is 5.91 Å². The fourth-order valence-corrected chi connectivity index (χ4v) is 2.57. The number of amides is 1. The molecule has 3 rings (SSSR count). The van der Waals surface area contributed by atoms with E-state index >= 15 is 0 Å². The molecule has 1 heterocycles. The van der Waals surface area contributed by atoms with Gasteiger partial charge in [-0.3, -0.25) is 9.78 Å². The summed E-state index contributed by atoms with van der Waals surface area (Å²) >= 11 is 0. The van der Waals surface area contributed by atoms with Gasteiger partial charge in [0.1, 0.15) is 11.5 Å². The number of hydrogen-bond acceptors (Lipinski definition) is 5. The van der Waals surface area contributed by atoms with Gasteiger partial charge in [-0.05, 0) is 68.4 Å². The van der Waals surface area contributed by atoms with Crippen LogP contribution in [0.4, 0.5) is 17.1 Å². The number of nitrogens with zero attached hydrogens (tertiary/aromatic N) is 1. The maximum Gasteiger partial charge on any atom is 0.257 e. The van der Waals surface area contributed by atoms with Crippen LogP contribution in [0.5, 0.6) is 11.5 Å². The zero-order valence-corrected chi connectivity index (χ0v) is 16.1. The average Bonchev–Trinajstić information content (AvgIpc) is 2.70. The zero-order chi connectivity index (χ0) is 19.9. The first kappa shape index (κ1) is 19.2. The lowest BCUT2D eigenvalue weighted by Crippen LogP contribution is -2.12. The third-order valence-electron chi connectivity index (χ3n) is 3.86. The highest BCUT2D eigenvalue weighted by atomic mass is 16.5. The molecule has 1 aromatic heterocycles. The molecule has 0 bridgehead atoms. The van der Waals surface area contributed by atoms with Crippen molar-refractivity contribution in [2.24, 2.45) is 0 Å². The second-order valence-electron chi connectivity index (χ2n) is 6.46. The minimum Gasteiger partial charge on any atom is -0.497 e. The third kappa shape index (κ3) is 5.23. The number of pyridine rings is 1. The van der Waals surface area contributed by atoms with Crippen molar-refractivity contribution in [2.45, 2.75) is 20.0 Å². The van der Waals surface area contributed by atoms with Gasteiger partial charge >= 0.3 is 0 Å². The molecule has 28 heavy (non-hydrogen) atoms. The van der Waals surface area contributed by atoms with Crippen molar-refractivity contribution in [1.29, 1.82) is 0 Å². The van der Waals surface area contributed by atoms with E-state index < -0.39 is 0 Å². The van der Waals surface area contributed by atoms with Crippen LogP contribution in [-0.4, -0.2) is 24.1 Å². The van der Waals surface area contributed by atoms with Gasteiger partial charge in [-0.1, -0.05) is 0 Å². The number of carbonyl (C=O) groups excluding carboxylic acids is 1. The Kier molecular flexibility index (Phi) is 6.11. The lowest BCUT2D eigenvalue weighted by atomic mass is 10.2. The molecular weight excluding hydrogens is 354 g/mol. The Balaban J connectivity index is 1.66. The number of methoxy groups -OCH3 is 1. The summed E-state index contributed by atoms with van der Waals surface area (Å²) in [5, 5.41) is 6.09. The largest absolute Gasteiger partial charge is 0.497 e. The Bertz CT molecular complexity index is 923. The van der Waals surface area contributed by atoms with Crippen molar-refractivity contribution in [2.75, 3.05) is 17.7 Å². The summed E-state index contributed by atoms with van der Waals surface area (Å²) in [4.78, 5) is 16.7. The van der Waals surface area contributed by atoms with E-state index in [-0.39, 0.29) is 12.0 Å². The Morgan fingerprint density at radius 2 is 1.54 bits per heavy atom. The molecule has 0 radical (unpaired) electrons. The molecule has 0 aliphatic heterocycles. The first-order chi connectivity index (χ1) is 13.5. The lowest BCUT2D eigenvalue weighted by Gasteiger charge is -2.11. The Labute approximate surface area is 164 Å². The van der Waals surface area contributed by atoms with Crippen molar-refractivity contribution in [3.8, 4) is 11.5 Å². The van der Waals surface area contributed by atoms with Crippen LogP contribution in [0.25, 0.3) is 0 Å². The lowest BCUT2D eigenvalue weighted by molar-refractivity contribution is 0.102. The first-order valence-electron chi connectivity index (χ1n) is 8.97. The quantitative estimate of drug-likeness (QED) is 0.614. The van der Waals surface area contributed by atoms with Gasteiger partial charge in [0, 0.05) is 17.6 Å². The highest BCUT2D eigenvalue weighted by Gasteiger charge is 2.08. The minimum atomic E-state index is -0.233. The van der Waals surface area contributed by atoms with Gasteiger partial charge < -0.3 is 20.1 Å². The molecule has 144 valence electrons. The first-order valence-corrected chi connectivity index (χ1v) is 8.97. The predicted molar refractivity (Wildman–Crippen MR) is 111 cm³/mol. The Hall–Kier alpha value is -3.54. The summed E-state index contributed by atoms with van der Waals surface area (Å²) in [5.41, 5.74) is 2.75. The summed E-state index contributed by atoms with van der Waals surface area (Å²) in [6.45, 7) is 3.94. The molecule has 2 N–H and O–H groups in total. The highest BCUT2D eigenvalue weighted by Crippen LogP contribution is 2.21. The van der Waals surface area contributed by atoms with Crippen LogP contribution < -0.4 is 20.1 Å². The highest BCUT2D eigenvalue weighted by molar-refractivity contribution is 6.04. The zero-order valence-electron chi connectivity index (χ0n) is 16.1. The molecule has 0 atom stereocenters. The molecule has 2 aromatic carbocycles. The van der Waals surface area contributed by atoms with Gasteiger partial charge in [-0.2, -0.15) is 0 Å². The van der Waals surface area contributed by atoms with Crippen LogP contribution in [0, 0.1) is 0 Å². The summed E-state index contributed by atoms with van der Waals surface area (Å²) in [5.74, 6) is 1.31. The molecule has 1 amide bonds. The number of rotatable bonds is 7. The van der Waals surface area contributed by atoms with Gasteiger partial charge in [0.05, 0.1) is 30.7 Å². The van der Waals surface area contributed by atoms with Crippen LogP contribution in [0.15, 0.2) is 67.0 Å². The number of carbonyl (C=O) groups is 1. The fraction of sp³-hybridized carbons (Fsp3) is 0.182. The van der Waals surface area contributed by atoms with Crippen molar-refractivity contribution in [3.05, 3.63) is 72.6 Å². The number of ether oxygens (including phenoxy) is 2. The molecule has 6 heteroatoms. The number of benzene rings is 2. The van der Waals surface area contributed by atoms with Crippen LogP contribution in [0.3, 0.4) is 0 Å². The van der Waals surface area contributed by atoms with Crippen molar-refractivity contribution in [1.82, 2.24) is 4.98 Å². The topological polar surface area (TPSA) is 72.5 Å². The third-order valence-corrected chi connectivity index (χ3v) is 3.86.